The molecule has 28 heavy (non-hydrogen) atoms. The molecule has 0 spiro atoms. The Bertz CT molecular complexity index is 946. The summed E-state index contributed by atoms with van der Waals surface area (Å²) in [5.41, 5.74) is 1.54. The molecule has 9 heteroatoms. The second kappa shape index (κ2) is 9.82. The van der Waals surface area contributed by atoms with Crippen molar-refractivity contribution in [1.82, 2.24) is 14.8 Å². The predicted octanol–water partition coefficient (Wildman–Crippen LogP) is 4.95. The highest BCUT2D eigenvalue weighted by atomic mass is 35.5. The highest BCUT2D eigenvalue weighted by Gasteiger charge is 2.13. The van der Waals surface area contributed by atoms with Gasteiger partial charge in [-0.15, -0.1) is 10.2 Å². The quantitative estimate of drug-likeness (QED) is 0.489. The van der Waals surface area contributed by atoms with E-state index in [2.05, 4.69) is 20.8 Å². The molecule has 0 atom stereocenters. The molecule has 1 aromatic heterocycles. The van der Waals surface area contributed by atoms with Crippen LogP contribution in [0.5, 0.6) is 0 Å². The number of nitrogens with zero attached hydrogens (tertiary/aromatic N) is 3. The molecule has 0 saturated carbocycles. The van der Waals surface area contributed by atoms with Crippen LogP contribution >= 0.6 is 35.0 Å². The molecule has 146 valence electrons. The lowest BCUT2D eigenvalue weighted by molar-refractivity contribution is -0.113. The van der Waals surface area contributed by atoms with Gasteiger partial charge in [-0.25, -0.2) is 0 Å². The summed E-state index contributed by atoms with van der Waals surface area (Å²) in [5, 5.41) is 16.5. The number of anilines is 2. The summed E-state index contributed by atoms with van der Waals surface area (Å²) in [7, 11) is 0. The maximum atomic E-state index is 12.2. The van der Waals surface area contributed by atoms with Crippen LogP contribution < -0.4 is 10.6 Å². The van der Waals surface area contributed by atoms with Gasteiger partial charge in [0, 0.05) is 17.3 Å². The fraction of sp³-hybridized carbons (Fsp3) is 0.211. The van der Waals surface area contributed by atoms with Crippen molar-refractivity contribution in [3.63, 3.8) is 0 Å². The van der Waals surface area contributed by atoms with Crippen molar-refractivity contribution < 1.29 is 4.79 Å². The Hall–Kier alpha value is -2.22. The SMILES string of the molecule is CCn1c(CNc2ccccc2Cl)nnc1SCC(=O)Nc1ccc(Cl)cc1. The molecule has 2 aromatic carbocycles. The van der Waals surface area contributed by atoms with Gasteiger partial charge in [-0.05, 0) is 43.3 Å². The standard InChI is InChI=1S/C19H19Cl2N5OS/c1-2-26-17(11-22-16-6-4-3-5-15(16)21)24-25-19(26)28-12-18(27)23-14-9-7-13(20)8-10-14/h3-10,22H,2,11-12H2,1H3,(H,23,27). The number of aromatic nitrogens is 3. The first-order chi connectivity index (χ1) is 13.6. The highest BCUT2D eigenvalue weighted by Crippen LogP contribution is 2.22. The Morgan fingerprint density at radius 1 is 1.11 bits per heavy atom. The van der Waals surface area contributed by atoms with Crippen LogP contribution in [0.15, 0.2) is 53.7 Å². The normalized spacial score (nSPS) is 10.7. The number of thioether (sulfide) groups is 1. The summed E-state index contributed by atoms with van der Waals surface area (Å²) >= 11 is 13.4. The number of benzene rings is 2. The summed E-state index contributed by atoms with van der Waals surface area (Å²) < 4.78 is 1.98. The molecule has 0 saturated heterocycles. The van der Waals surface area contributed by atoms with Gasteiger partial charge in [0.25, 0.3) is 0 Å². The summed E-state index contributed by atoms with van der Waals surface area (Å²) in [4.78, 5) is 12.2. The topological polar surface area (TPSA) is 71.8 Å². The Kier molecular flexibility index (Phi) is 7.19. The summed E-state index contributed by atoms with van der Waals surface area (Å²) in [5.74, 6) is 0.898. The van der Waals surface area contributed by atoms with Gasteiger partial charge in [0.15, 0.2) is 11.0 Å². The minimum Gasteiger partial charge on any atom is -0.377 e. The molecule has 6 nitrogen and oxygen atoms in total. The van der Waals surface area contributed by atoms with Crippen molar-refractivity contribution in [3.8, 4) is 0 Å². The molecule has 0 bridgehead atoms. The van der Waals surface area contributed by atoms with Crippen molar-refractivity contribution in [1.29, 1.82) is 0 Å². The molecule has 0 aliphatic rings. The van der Waals surface area contributed by atoms with E-state index in [4.69, 9.17) is 23.2 Å². The van der Waals surface area contributed by atoms with Crippen molar-refractivity contribution in [3.05, 3.63) is 64.4 Å². The van der Waals surface area contributed by atoms with E-state index in [1.807, 2.05) is 35.8 Å². The van der Waals surface area contributed by atoms with Gasteiger partial charge in [0.2, 0.25) is 5.91 Å². The maximum absolute atomic E-state index is 12.2. The van der Waals surface area contributed by atoms with Gasteiger partial charge >= 0.3 is 0 Å². The van der Waals surface area contributed by atoms with Gasteiger partial charge in [0.1, 0.15) is 0 Å². The molecule has 0 aliphatic heterocycles. The number of amides is 1. The van der Waals surface area contributed by atoms with E-state index in [0.29, 0.717) is 34.0 Å². The molecule has 2 N–H and O–H groups in total. The molecule has 0 fully saturated rings. The van der Waals surface area contributed by atoms with E-state index in [9.17, 15) is 4.79 Å². The highest BCUT2D eigenvalue weighted by molar-refractivity contribution is 7.99. The number of carbonyl (C=O) groups is 1. The zero-order valence-corrected chi connectivity index (χ0v) is 17.5. The van der Waals surface area contributed by atoms with Gasteiger partial charge < -0.3 is 15.2 Å². The monoisotopic (exact) mass is 435 g/mol. The Morgan fingerprint density at radius 2 is 1.86 bits per heavy atom. The first-order valence-corrected chi connectivity index (χ1v) is 10.4. The molecule has 3 rings (SSSR count). The largest absolute Gasteiger partial charge is 0.377 e. The second-order valence-corrected chi connectivity index (χ2v) is 7.61. The van der Waals surface area contributed by atoms with Crippen molar-refractivity contribution in [2.45, 2.75) is 25.2 Å². The number of carbonyl (C=O) groups excluding carboxylic acids is 1. The zero-order chi connectivity index (χ0) is 19.9. The first kappa shape index (κ1) is 20.5. The lowest BCUT2D eigenvalue weighted by atomic mass is 10.3. The average Bonchev–Trinajstić information content (AvgIpc) is 3.09. The van der Waals surface area contributed by atoms with Crippen LogP contribution in [0.4, 0.5) is 11.4 Å². The van der Waals surface area contributed by atoms with Crippen LogP contribution in [0.25, 0.3) is 0 Å². The molecular formula is C19H19Cl2N5OS. The van der Waals surface area contributed by atoms with Crippen LogP contribution in [0.2, 0.25) is 10.0 Å². The number of rotatable bonds is 8. The molecule has 3 aromatic rings. The molecular weight excluding hydrogens is 417 g/mol. The Labute approximate surface area is 177 Å². The Balaban J connectivity index is 1.58. The fourth-order valence-electron chi connectivity index (χ4n) is 2.51. The molecule has 1 heterocycles. The smallest absolute Gasteiger partial charge is 0.234 e. The first-order valence-electron chi connectivity index (χ1n) is 8.65. The van der Waals surface area contributed by atoms with Crippen LogP contribution in [-0.2, 0) is 17.9 Å². The van der Waals surface area contributed by atoms with E-state index in [1.54, 1.807) is 24.3 Å². The number of halogens is 2. The van der Waals surface area contributed by atoms with E-state index in [0.717, 1.165) is 11.5 Å². The van der Waals surface area contributed by atoms with E-state index in [1.165, 1.54) is 11.8 Å². The van der Waals surface area contributed by atoms with Crippen LogP contribution in [0, 0.1) is 0 Å². The van der Waals surface area contributed by atoms with Gasteiger partial charge in [-0.3, -0.25) is 4.79 Å². The summed E-state index contributed by atoms with van der Waals surface area (Å²) in [6.45, 7) is 3.20. The Morgan fingerprint density at radius 3 is 2.57 bits per heavy atom. The third-order valence-corrected chi connectivity index (χ3v) is 5.43. The minimum absolute atomic E-state index is 0.117. The molecule has 1 amide bonds. The zero-order valence-electron chi connectivity index (χ0n) is 15.2. The number of hydrogen-bond acceptors (Lipinski definition) is 5. The van der Waals surface area contributed by atoms with E-state index in [-0.39, 0.29) is 11.7 Å². The van der Waals surface area contributed by atoms with Crippen LogP contribution in [-0.4, -0.2) is 26.4 Å². The van der Waals surface area contributed by atoms with Gasteiger partial charge in [0.05, 0.1) is 23.0 Å². The second-order valence-electron chi connectivity index (χ2n) is 5.82. The third-order valence-electron chi connectivity index (χ3n) is 3.88. The minimum atomic E-state index is -0.117. The van der Waals surface area contributed by atoms with Crippen molar-refractivity contribution in [2.75, 3.05) is 16.4 Å². The molecule has 0 unspecified atom stereocenters. The van der Waals surface area contributed by atoms with Crippen molar-refractivity contribution >= 4 is 52.2 Å². The summed E-state index contributed by atoms with van der Waals surface area (Å²) in [6, 6.07) is 14.5. The van der Waals surface area contributed by atoms with Crippen LogP contribution in [0.1, 0.15) is 12.7 Å². The van der Waals surface area contributed by atoms with E-state index < -0.39 is 0 Å². The predicted molar refractivity (Wildman–Crippen MR) is 115 cm³/mol. The third kappa shape index (κ3) is 5.41. The van der Waals surface area contributed by atoms with E-state index >= 15 is 0 Å². The van der Waals surface area contributed by atoms with Crippen molar-refractivity contribution in [2.24, 2.45) is 0 Å². The van der Waals surface area contributed by atoms with Crippen LogP contribution in [0.3, 0.4) is 0 Å². The lowest BCUT2D eigenvalue weighted by Crippen LogP contribution is -2.15. The number of hydrogen-bond donors (Lipinski definition) is 2. The molecule has 0 radical (unpaired) electrons. The molecule has 0 aliphatic carbocycles. The number of para-hydroxylation sites is 1. The van der Waals surface area contributed by atoms with Gasteiger partial charge in [-0.1, -0.05) is 47.1 Å². The lowest BCUT2D eigenvalue weighted by Gasteiger charge is -2.10. The van der Waals surface area contributed by atoms with Gasteiger partial charge in [-0.2, -0.15) is 0 Å². The number of nitrogens with one attached hydrogen (secondary N) is 2. The summed E-state index contributed by atoms with van der Waals surface area (Å²) in [6.07, 6.45) is 0. The maximum Gasteiger partial charge on any atom is 0.234 e. The average molecular weight is 436 g/mol. The fourth-order valence-corrected chi connectivity index (χ4v) is 3.66.